The third kappa shape index (κ3) is 3.09. The molecule has 0 atom stereocenters. The van der Waals surface area contributed by atoms with Gasteiger partial charge in [-0.2, -0.15) is 5.10 Å². The summed E-state index contributed by atoms with van der Waals surface area (Å²) in [6.07, 6.45) is 1.47. The average molecular weight is 297 g/mol. The number of amidine groups is 1. The van der Waals surface area contributed by atoms with Crippen molar-refractivity contribution in [2.45, 2.75) is 9.37 Å². The van der Waals surface area contributed by atoms with Gasteiger partial charge in [0.1, 0.15) is 5.03 Å². The van der Waals surface area contributed by atoms with E-state index in [2.05, 4.69) is 25.6 Å². The molecule has 100 valence electrons. The zero-order valence-electron chi connectivity index (χ0n) is 10.2. The number of nitrogens with zero attached hydrogens (tertiary/aromatic N) is 6. The lowest BCUT2D eigenvalue weighted by Crippen LogP contribution is -2.15. The summed E-state index contributed by atoms with van der Waals surface area (Å²) in [7, 11) is 3.78. The summed E-state index contributed by atoms with van der Waals surface area (Å²) < 4.78 is 0.705. The van der Waals surface area contributed by atoms with Gasteiger partial charge in [-0.15, -0.1) is 15.3 Å². The molecular weight excluding hydrogens is 286 g/mol. The normalized spacial score (nSPS) is 11.6. The molecule has 3 N–H and O–H groups in total. The molecular formula is C9H11N7OS2. The van der Waals surface area contributed by atoms with Gasteiger partial charge in [0.25, 0.3) is 0 Å². The summed E-state index contributed by atoms with van der Waals surface area (Å²) in [5.41, 5.74) is 6.08. The lowest BCUT2D eigenvalue weighted by Gasteiger charge is -2.04. The van der Waals surface area contributed by atoms with Crippen molar-refractivity contribution in [1.82, 2.24) is 20.4 Å². The lowest BCUT2D eigenvalue weighted by atomic mass is 10.3. The molecule has 8 nitrogen and oxygen atoms in total. The van der Waals surface area contributed by atoms with Crippen molar-refractivity contribution < 1.29 is 5.21 Å². The number of hydrogen-bond acceptors (Lipinski definition) is 9. The maximum Gasteiger partial charge on any atom is 0.208 e. The molecule has 0 aliphatic rings. The molecule has 0 saturated heterocycles. The molecule has 0 unspecified atom stereocenters. The highest BCUT2D eigenvalue weighted by molar-refractivity contribution is 8.01. The summed E-state index contributed by atoms with van der Waals surface area (Å²) in [5.74, 6) is -0.0188. The van der Waals surface area contributed by atoms with E-state index in [1.807, 2.05) is 19.0 Å². The van der Waals surface area contributed by atoms with E-state index >= 15 is 0 Å². The maximum absolute atomic E-state index is 8.73. The fourth-order valence-electron chi connectivity index (χ4n) is 1.15. The predicted octanol–water partition coefficient (Wildman–Crippen LogP) is 0.640. The van der Waals surface area contributed by atoms with Crippen molar-refractivity contribution in [1.29, 1.82) is 0 Å². The van der Waals surface area contributed by atoms with Crippen molar-refractivity contribution >= 4 is 34.1 Å². The van der Waals surface area contributed by atoms with Crippen LogP contribution in [0.15, 0.2) is 26.8 Å². The van der Waals surface area contributed by atoms with E-state index in [-0.39, 0.29) is 5.84 Å². The van der Waals surface area contributed by atoms with Crippen LogP contribution in [0.3, 0.4) is 0 Å². The van der Waals surface area contributed by atoms with E-state index < -0.39 is 0 Å². The molecule has 2 rings (SSSR count). The number of rotatable bonds is 4. The van der Waals surface area contributed by atoms with Crippen LogP contribution in [0.2, 0.25) is 0 Å². The minimum Gasteiger partial charge on any atom is -0.409 e. The van der Waals surface area contributed by atoms with E-state index in [0.29, 0.717) is 14.9 Å². The molecule has 0 bridgehead atoms. The Bertz CT molecular complexity index is 598. The van der Waals surface area contributed by atoms with Crippen molar-refractivity contribution in [2.24, 2.45) is 10.9 Å². The van der Waals surface area contributed by atoms with Crippen LogP contribution in [0.4, 0.5) is 5.13 Å². The van der Waals surface area contributed by atoms with Crippen molar-refractivity contribution in [2.75, 3.05) is 19.0 Å². The molecule has 0 spiro atoms. The molecule has 10 heteroatoms. The molecule has 0 saturated carbocycles. The van der Waals surface area contributed by atoms with E-state index in [4.69, 9.17) is 10.9 Å². The highest BCUT2D eigenvalue weighted by Gasteiger charge is 2.14. The fourth-order valence-corrected chi connectivity index (χ4v) is 2.90. The topological polar surface area (TPSA) is 113 Å². The highest BCUT2D eigenvalue weighted by Crippen LogP contribution is 2.32. The first-order valence-electron chi connectivity index (χ1n) is 5.10. The van der Waals surface area contributed by atoms with E-state index in [9.17, 15) is 0 Å². The summed E-state index contributed by atoms with van der Waals surface area (Å²) in [6.45, 7) is 0. The number of aromatic nitrogens is 4. The number of oxime groups is 1. The minimum atomic E-state index is -0.0188. The van der Waals surface area contributed by atoms with Gasteiger partial charge < -0.3 is 15.8 Å². The first-order chi connectivity index (χ1) is 9.11. The van der Waals surface area contributed by atoms with Crippen molar-refractivity contribution in [3.8, 4) is 0 Å². The molecule has 0 amide bonds. The van der Waals surface area contributed by atoms with Crippen LogP contribution in [0.1, 0.15) is 5.56 Å². The van der Waals surface area contributed by atoms with Gasteiger partial charge in [-0.3, -0.25) is 0 Å². The van der Waals surface area contributed by atoms with Crippen LogP contribution in [-0.4, -0.2) is 45.5 Å². The zero-order chi connectivity index (χ0) is 13.8. The Morgan fingerprint density at radius 1 is 1.42 bits per heavy atom. The largest absolute Gasteiger partial charge is 0.409 e. The SMILES string of the molecule is CN(C)c1nnc(Sc2nnccc2/C(N)=N/O)s1. The molecule has 2 aromatic rings. The summed E-state index contributed by atoms with van der Waals surface area (Å²) >= 11 is 2.69. The molecule has 0 aliphatic carbocycles. The van der Waals surface area contributed by atoms with Gasteiger partial charge in [-0.05, 0) is 17.8 Å². The second-order valence-electron chi connectivity index (χ2n) is 3.58. The van der Waals surface area contributed by atoms with Gasteiger partial charge >= 0.3 is 0 Å². The standard InChI is InChI=1S/C9H11N7OS2/c1-16(2)8-13-14-9(19-8)18-7-5(6(10)15-17)3-4-11-12-7/h3-4,17H,1-2H3,(H2,10,15). The second-order valence-corrected chi connectivity index (χ2v) is 5.77. The van der Waals surface area contributed by atoms with E-state index in [0.717, 1.165) is 5.13 Å². The molecule has 0 fully saturated rings. The molecule has 0 aliphatic heterocycles. The third-order valence-electron chi connectivity index (χ3n) is 2.03. The monoisotopic (exact) mass is 297 g/mol. The summed E-state index contributed by atoms with van der Waals surface area (Å²) in [4.78, 5) is 1.86. The van der Waals surface area contributed by atoms with Crippen LogP contribution in [0, 0.1) is 0 Å². The van der Waals surface area contributed by atoms with Crippen LogP contribution in [0.25, 0.3) is 0 Å². The van der Waals surface area contributed by atoms with Crippen LogP contribution in [0.5, 0.6) is 0 Å². The van der Waals surface area contributed by atoms with Crippen LogP contribution in [-0.2, 0) is 0 Å². The predicted molar refractivity (Wildman–Crippen MR) is 72.9 cm³/mol. The maximum atomic E-state index is 8.73. The van der Waals surface area contributed by atoms with Crippen LogP contribution >= 0.6 is 23.1 Å². The smallest absolute Gasteiger partial charge is 0.208 e. The average Bonchev–Trinajstić information content (AvgIpc) is 2.87. The van der Waals surface area contributed by atoms with Crippen LogP contribution < -0.4 is 10.6 Å². The zero-order valence-corrected chi connectivity index (χ0v) is 11.8. The van der Waals surface area contributed by atoms with Gasteiger partial charge in [0.15, 0.2) is 10.2 Å². The highest BCUT2D eigenvalue weighted by atomic mass is 32.2. The van der Waals surface area contributed by atoms with Gasteiger partial charge in [-0.1, -0.05) is 16.5 Å². The van der Waals surface area contributed by atoms with Gasteiger partial charge in [0.05, 0.1) is 11.8 Å². The second kappa shape index (κ2) is 5.80. The van der Waals surface area contributed by atoms with Crippen molar-refractivity contribution in [3.63, 3.8) is 0 Å². The summed E-state index contributed by atoms with van der Waals surface area (Å²) in [5, 5.41) is 28.8. The van der Waals surface area contributed by atoms with Crippen molar-refractivity contribution in [3.05, 3.63) is 17.8 Å². The number of nitrogens with two attached hydrogens (primary N) is 1. The Hall–Kier alpha value is -1.94. The summed E-state index contributed by atoms with van der Waals surface area (Å²) in [6, 6.07) is 1.62. The Balaban J connectivity index is 2.28. The Labute approximate surface area is 117 Å². The first-order valence-corrected chi connectivity index (χ1v) is 6.73. The minimum absolute atomic E-state index is 0.0188. The van der Waals surface area contributed by atoms with Gasteiger partial charge in [0, 0.05) is 14.1 Å². The number of hydrogen-bond donors (Lipinski definition) is 2. The van der Waals surface area contributed by atoms with Gasteiger partial charge in [0.2, 0.25) is 5.13 Å². The number of anilines is 1. The molecule has 2 aromatic heterocycles. The molecule has 2 heterocycles. The Kier molecular flexibility index (Phi) is 4.12. The molecule has 19 heavy (non-hydrogen) atoms. The van der Waals surface area contributed by atoms with E-state index in [1.54, 1.807) is 6.07 Å². The quantitative estimate of drug-likeness (QED) is 0.366. The Morgan fingerprint density at radius 2 is 2.21 bits per heavy atom. The first kappa shape index (κ1) is 13.5. The lowest BCUT2D eigenvalue weighted by molar-refractivity contribution is 0.318. The molecule has 0 aromatic carbocycles. The fraction of sp³-hybridized carbons (Fsp3) is 0.222. The van der Waals surface area contributed by atoms with Gasteiger partial charge in [-0.25, -0.2) is 0 Å². The van der Waals surface area contributed by atoms with E-state index in [1.165, 1.54) is 29.3 Å². The molecule has 0 radical (unpaired) electrons. The Morgan fingerprint density at radius 3 is 2.84 bits per heavy atom. The third-order valence-corrected chi connectivity index (χ3v) is 4.17.